The van der Waals surface area contributed by atoms with Crippen molar-refractivity contribution in [2.75, 3.05) is 11.5 Å². The molecule has 0 radical (unpaired) electrons. The van der Waals surface area contributed by atoms with Gasteiger partial charge in [-0.3, -0.25) is 0 Å². The molecule has 0 aromatic heterocycles. The number of hydrogen-bond donors (Lipinski definition) is 0. The summed E-state index contributed by atoms with van der Waals surface area (Å²) in [4.78, 5) is 0. The standard InChI is InChI=1S/C14H12.C4H10S2.3C2H6/c1-3-7-13(8-4-1)11-12-14-9-5-2-6-10-14;1-3-5-6-4-2;3*1-2/h1-12H;3-4H2,1-2H3;3*1-2H3/b12-11+;;;;. The highest BCUT2D eigenvalue weighted by Crippen LogP contribution is 2.18. The second-order valence-electron chi connectivity index (χ2n) is 3.97. The molecular formula is C24H40S2. The predicted octanol–water partition coefficient (Wildman–Crippen LogP) is 9.34. The van der Waals surface area contributed by atoms with Gasteiger partial charge in [0.1, 0.15) is 0 Å². The lowest BCUT2D eigenvalue weighted by molar-refractivity contribution is 1.50. The molecule has 0 saturated carbocycles. The summed E-state index contributed by atoms with van der Waals surface area (Å²) in [6, 6.07) is 20.6. The van der Waals surface area contributed by atoms with E-state index in [1.807, 2.05) is 99.5 Å². The number of benzene rings is 2. The maximum Gasteiger partial charge on any atom is 0.000844 e. The Hall–Kier alpha value is -1.12. The molecule has 26 heavy (non-hydrogen) atoms. The Morgan fingerprint density at radius 3 is 1.04 bits per heavy atom. The van der Waals surface area contributed by atoms with Crippen molar-refractivity contribution in [3.8, 4) is 0 Å². The lowest BCUT2D eigenvalue weighted by Gasteiger charge is -1.92. The minimum atomic E-state index is 1.23. The van der Waals surface area contributed by atoms with Gasteiger partial charge in [0, 0.05) is 11.5 Å². The van der Waals surface area contributed by atoms with Crippen molar-refractivity contribution < 1.29 is 0 Å². The van der Waals surface area contributed by atoms with Gasteiger partial charge in [0.15, 0.2) is 0 Å². The molecule has 0 spiro atoms. The highest BCUT2D eigenvalue weighted by Gasteiger charge is 1.84. The molecular weight excluding hydrogens is 352 g/mol. The average molecular weight is 393 g/mol. The lowest BCUT2D eigenvalue weighted by atomic mass is 10.1. The third-order valence-corrected chi connectivity index (χ3v) is 4.94. The molecule has 0 nitrogen and oxygen atoms in total. The van der Waals surface area contributed by atoms with Gasteiger partial charge in [-0.2, -0.15) is 0 Å². The first kappa shape index (κ1) is 29.6. The molecule has 2 heteroatoms. The van der Waals surface area contributed by atoms with Crippen LogP contribution in [0.3, 0.4) is 0 Å². The van der Waals surface area contributed by atoms with E-state index in [2.05, 4.69) is 50.3 Å². The Labute approximate surface area is 172 Å². The zero-order valence-corrected chi connectivity index (χ0v) is 19.8. The van der Waals surface area contributed by atoms with Gasteiger partial charge >= 0.3 is 0 Å². The fourth-order valence-electron chi connectivity index (χ4n) is 1.49. The van der Waals surface area contributed by atoms with Gasteiger partial charge in [-0.1, -0.05) is 150 Å². The molecule has 0 unspecified atom stereocenters. The Kier molecular flexibility index (Phi) is 32.7. The van der Waals surface area contributed by atoms with Crippen LogP contribution in [0.1, 0.15) is 66.5 Å². The van der Waals surface area contributed by atoms with Crippen LogP contribution >= 0.6 is 21.6 Å². The Bertz CT molecular complexity index is 419. The first-order valence-electron chi connectivity index (χ1n) is 9.89. The topological polar surface area (TPSA) is 0 Å². The zero-order valence-electron chi connectivity index (χ0n) is 18.2. The molecule has 0 N–H and O–H groups in total. The van der Waals surface area contributed by atoms with Crippen LogP contribution in [0.2, 0.25) is 0 Å². The van der Waals surface area contributed by atoms with Crippen LogP contribution in [-0.4, -0.2) is 11.5 Å². The Morgan fingerprint density at radius 2 is 0.808 bits per heavy atom. The van der Waals surface area contributed by atoms with Gasteiger partial charge in [0.05, 0.1) is 0 Å². The van der Waals surface area contributed by atoms with Crippen LogP contribution in [0.5, 0.6) is 0 Å². The molecule has 0 fully saturated rings. The van der Waals surface area contributed by atoms with Crippen molar-refractivity contribution >= 4 is 33.7 Å². The van der Waals surface area contributed by atoms with Crippen molar-refractivity contribution in [2.45, 2.75) is 55.4 Å². The molecule has 2 rings (SSSR count). The smallest absolute Gasteiger partial charge is 0.000844 e. The summed E-state index contributed by atoms with van der Waals surface area (Å²) in [6.45, 7) is 16.3. The summed E-state index contributed by atoms with van der Waals surface area (Å²) < 4.78 is 0. The maximum atomic E-state index is 2.17. The van der Waals surface area contributed by atoms with Gasteiger partial charge in [0.2, 0.25) is 0 Å². The van der Waals surface area contributed by atoms with Crippen LogP contribution in [0.4, 0.5) is 0 Å². The van der Waals surface area contributed by atoms with E-state index >= 15 is 0 Å². The minimum absolute atomic E-state index is 1.23. The normalized spacial score (nSPS) is 8.46. The fourth-order valence-corrected chi connectivity index (χ4v) is 2.82. The van der Waals surface area contributed by atoms with Crippen molar-refractivity contribution in [1.29, 1.82) is 0 Å². The van der Waals surface area contributed by atoms with E-state index in [1.165, 1.54) is 22.6 Å². The van der Waals surface area contributed by atoms with Gasteiger partial charge in [-0.15, -0.1) is 0 Å². The van der Waals surface area contributed by atoms with Crippen LogP contribution < -0.4 is 0 Å². The summed E-state index contributed by atoms with van der Waals surface area (Å²) in [5.41, 5.74) is 2.47. The van der Waals surface area contributed by atoms with E-state index in [-0.39, 0.29) is 0 Å². The largest absolute Gasteiger partial charge is 0.0945 e. The summed E-state index contributed by atoms with van der Waals surface area (Å²) in [6.07, 6.45) is 4.24. The van der Waals surface area contributed by atoms with Gasteiger partial charge < -0.3 is 0 Å². The zero-order chi connectivity index (χ0) is 20.5. The van der Waals surface area contributed by atoms with E-state index < -0.39 is 0 Å². The Balaban J connectivity index is -0.000000374. The van der Waals surface area contributed by atoms with E-state index in [0.29, 0.717) is 0 Å². The molecule has 148 valence electrons. The van der Waals surface area contributed by atoms with E-state index in [4.69, 9.17) is 0 Å². The number of rotatable bonds is 5. The first-order chi connectivity index (χ1) is 12.9. The summed E-state index contributed by atoms with van der Waals surface area (Å²) >= 11 is 0. The van der Waals surface area contributed by atoms with E-state index in [9.17, 15) is 0 Å². The van der Waals surface area contributed by atoms with Gasteiger partial charge in [-0.25, -0.2) is 0 Å². The lowest BCUT2D eigenvalue weighted by Crippen LogP contribution is -1.70. The van der Waals surface area contributed by atoms with E-state index in [1.54, 1.807) is 0 Å². The molecule has 0 atom stereocenters. The molecule has 0 amide bonds. The van der Waals surface area contributed by atoms with Crippen molar-refractivity contribution in [1.82, 2.24) is 0 Å². The third-order valence-electron chi connectivity index (χ3n) is 2.39. The van der Waals surface area contributed by atoms with E-state index in [0.717, 1.165) is 0 Å². The van der Waals surface area contributed by atoms with Crippen LogP contribution in [-0.2, 0) is 0 Å². The second-order valence-corrected chi connectivity index (χ2v) is 7.01. The van der Waals surface area contributed by atoms with Crippen LogP contribution in [0.15, 0.2) is 60.7 Å². The molecule has 0 aliphatic carbocycles. The molecule has 0 heterocycles. The fraction of sp³-hybridized carbons (Fsp3) is 0.417. The summed E-state index contributed by atoms with van der Waals surface area (Å²) in [7, 11) is 3.85. The van der Waals surface area contributed by atoms with Crippen molar-refractivity contribution in [2.24, 2.45) is 0 Å². The highest BCUT2D eigenvalue weighted by atomic mass is 33.1. The maximum absolute atomic E-state index is 2.17. The Morgan fingerprint density at radius 1 is 0.538 bits per heavy atom. The number of hydrogen-bond acceptors (Lipinski definition) is 2. The molecule has 0 aliphatic heterocycles. The quantitative estimate of drug-likeness (QED) is 0.282. The minimum Gasteiger partial charge on any atom is -0.0945 e. The second kappa shape index (κ2) is 28.7. The SMILES string of the molecule is C(=C\c1ccccc1)/c1ccccc1.CC.CC.CC.CCSSCC. The molecule has 0 bridgehead atoms. The highest BCUT2D eigenvalue weighted by molar-refractivity contribution is 8.76. The molecule has 0 aliphatic rings. The van der Waals surface area contributed by atoms with Gasteiger partial charge in [-0.05, 0) is 11.1 Å². The van der Waals surface area contributed by atoms with Crippen LogP contribution in [0.25, 0.3) is 12.2 Å². The molecule has 0 saturated heterocycles. The third kappa shape index (κ3) is 20.9. The summed E-state index contributed by atoms with van der Waals surface area (Å²) in [5, 5.41) is 0. The molecule has 2 aromatic rings. The predicted molar refractivity (Wildman–Crippen MR) is 132 cm³/mol. The average Bonchev–Trinajstić information content (AvgIpc) is 2.77. The van der Waals surface area contributed by atoms with Gasteiger partial charge in [0.25, 0.3) is 0 Å². The van der Waals surface area contributed by atoms with Crippen molar-refractivity contribution in [3.63, 3.8) is 0 Å². The first-order valence-corrected chi connectivity index (χ1v) is 12.4. The van der Waals surface area contributed by atoms with Crippen molar-refractivity contribution in [3.05, 3.63) is 71.8 Å². The summed E-state index contributed by atoms with van der Waals surface area (Å²) in [5.74, 6) is 2.47. The molecule has 2 aromatic carbocycles. The monoisotopic (exact) mass is 392 g/mol. The van der Waals surface area contributed by atoms with Crippen LogP contribution in [0, 0.1) is 0 Å².